The van der Waals surface area contributed by atoms with Crippen LogP contribution in [-0.2, 0) is 0 Å². The summed E-state index contributed by atoms with van der Waals surface area (Å²) in [4.78, 5) is 11.9. The number of rotatable bonds is 3. The van der Waals surface area contributed by atoms with Gasteiger partial charge in [0, 0.05) is 17.3 Å². The molecule has 108 valence electrons. The molecule has 1 aliphatic rings. The van der Waals surface area contributed by atoms with E-state index < -0.39 is 0 Å². The Morgan fingerprint density at radius 3 is 2.70 bits per heavy atom. The fourth-order valence-corrected chi connectivity index (χ4v) is 2.38. The van der Waals surface area contributed by atoms with Crippen LogP contribution in [0.4, 0.5) is 10.5 Å². The molecule has 2 rings (SSSR count). The summed E-state index contributed by atoms with van der Waals surface area (Å²) in [6.45, 7) is 1.88. The molecule has 20 heavy (non-hydrogen) atoms. The van der Waals surface area contributed by atoms with E-state index >= 15 is 0 Å². The molecule has 1 saturated carbocycles. The summed E-state index contributed by atoms with van der Waals surface area (Å²) in [5.74, 6) is 0.546. The summed E-state index contributed by atoms with van der Waals surface area (Å²) in [5, 5.41) is 6.14. The van der Waals surface area contributed by atoms with Crippen LogP contribution < -0.4 is 15.4 Å². The lowest BCUT2D eigenvalue weighted by Crippen LogP contribution is -2.24. The van der Waals surface area contributed by atoms with Crippen molar-refractivity contribution < 1.29 is 9.53 Å². The minimum absolute atomic E-state index is 0.274. The van der Waals surface area contributed by atoms with Gasteiger partial charge in [-0.3, -0.25) is 0 Å². The van der Waals surface area contributed by atoms with Gasteiger partial charge in [-0.1, -0.05) is 17.2 Å². The maximum absolute atomic E-state index is 11.9. The SMILES string of the molecule is COc1cc(Cl)c(C)cc1NC(=O)NC=C1CCCC1. The van der Waals surface area contributed by atoms with Crippen molar-refractivity contribution in [3.63, 3.8) is 0 Å². The normalized spacial score (nSPS) is 14.1. The summed E-state index contributed by atoms with van der Waals surface area (Å²) in [6, 6.07) is 3.22. The number of methoxy groups -OCH3 is 1. The second-order valence-electron chi connectivity index (χ2n) is 4.91. The number of nitrogens with one attached hydrogen (secondary N) is 2. The van der Waals surface area contributed by atoms with Gasteiger partial charge < -0.3 is 15.4 Å². The Kier molecular flexibility index (Phi) is 4.90. The molecule has 0 atom stereocenters. The molecule has 1 aromatic carbocycles. The minimum Gasteiger partial charge on any atom is -0.495 e. The van der Waals surface area contributed by atoms with Crippen molar-refractivity contribution in [1.82, 2.24) is 5.32 Å². The van der Waals surface area contributed by atoms with Crippen LogP contribution >= 0.6 is 11.6 Å². The van der Waals surface area contributed by atoms with Gasteiger partial charge >= 0.3 is 6.03 Å². The number of carbonyl (C=O) groups excluding carboxylic acids is 1. The molecule has 5 heteroatoms. The molecule has 0 aromatic heterocycles. The summed E-state index contributed by atoms with van der Waals surface area (Å²) < 4.78 is 5.22. The lowest BCUT2D eigenvalue weighted by atomic mass is 10.2. The minimum atomic E-state index is -0.274. The monoisotopic (exact) mass is 294 g/mol. The highest BCUT2D eigenvalue weighted by Gasteiger charge is 2.10. The van der Waals surface area contributed by atoms with Crippen molar-refractivity contribution in [1.29, 1.82) is 0 Å². The molecule has 1 aliphatic carbocycles. The van der Waals surface area contributed by atoms with E-state index in [2.05, 4.69) is 10.6 Å². The van der Waals surface area contributed by atoms with Crippen LogP contribution in [0.25, 0.3) is 0 Å². The number of allylic oxidation sites excluding steroid dienone is 1. The molecule has 0 spiro atoms. The third-order valence-electron chi connectivity index (χ3n) is 3.38. The Morgan fingerprint density at radius 2 is 2.05 bits per heavy atom. The summed E-state index contributed by atoms with van der Waals surface area (Å²) in [6.07, 6.45) is 6.36. The predicted octanol–water partition coefficient (Wildman–Crippen LogP) is 4.24. The van der Waals surface area contributed by atoms with E-state index in [0.29, 0.717) is 16.5 Å². The number of amides is 2. The van der Waals surface area contributed by atoms with Gasteiger partial charge in [0.25, 0.3) is 0 Å². The van der Waals surface area contributed by atoms with E-state index in [9.17, 15) is 4.79 Å². The zero-order chi connectivity index (χ0) is 14.5. The van der Waals surface area contributed by atoms with Crippen LogP contribution in [0.15, 0.2) is 23.9 Å². The number of hydrogen-bond acceptors (Lipinski definition) is 2. The molecule has 1 fully saturated rings. The highest BCUT2D eigenvalue weighted by Crippen LogP contribution is 2.30. The summed E-state index contributed by atoms with van der Waals surface area (Å²) >= 11 is 6.03. The van der Waals surface area contributed by atoms with Crippen molar-refractivity contribution in [2.75, 3.05) is 12.4 Å². The molecule has 4 nitrogen and oxygen atoms in total. The first-order chi connectivity index (χ1) is 9.60. The third kappa shape index (κ3) is 3.67. The quantitative estimate of drug-likeness (QED) is 0.876. The van der Waals surface area contributed by atoms with Gasteiger partial charge in [0.15, 0.2) is 0 Å². The number of ether oxygens (including phenoxy) is 1. The number of halogens is 1. The Hall–Kier alpha value is -1.68. The van der Waals surface area contributed by atoms with E-state index in [-0.39, 0.29) is 6.03 Å². The molecule has 0 radical (unpaired) electrons. The Labute approximate surface area is 124 Å². The number of carbonyl (C=O) groups is 1. The first-order valence-corrected chi connectivity index (χ1v) is 7.07. The number of anilines is 1. The van der Waals surface area contributed by atoms with Crippen molar-refractivity contribution >= 4 is 23.3 Å². The van der Waals surface area contributed by atoms with E-state index in [4.69, 9.17) is 16.3 Å². The molecule has 2 N–H and O–H groups in total. The highest BCUT2D eigenvalue weighted by atomic mass is 35.5. The van der Waals surface area contributed by atoms with Crippen molar-refractivity contribution in [3.8, 4) is 5.75 Å². The topological polar surface area (TPSA) is 50.4 Å². The first-order valence-electron chi connectivity index (χ1n) is 6.69. The standard InChI is InChI=1S/C15H19ClN2O2/c1-10-7-13(14(20-2)8-12(10)16)18-15(19)17-9-11-5-3-4-6-11/h7-9H,3-6H2,1-2H3,(H2,17,18,19). The Bertz CT molecular complexity index is 533. The van der Waals surface area contributed by atoms with Crippen LogP contribution in [0.2, 0.25) is 5.02 Å². The molecule has 0 aliphatic heterocycles. The van der Waals surface area contributed by atoms with Gasteiger partial charge in [-0.05, 0) is 44.2 Å². The zero-order valence-electron chi connectivity index (χ0n) is 11.8. The molecule has 0 saturated heterocycles. The van der Waals surface area contributed by atoms with Crippen LogP contribution in [-0.4, -0.2) is 13.1 Å². The first kappa shape index (κ1) is 14.7. The van der Waals surface area contributed by atoms with E-state index in [1.165, 1.54) is 18.4 Å². The zero-order valence-corrected chi connectivity index (χ0v) is 12.5. The molecular weight excluding hydrogens is 276 g/mol. The van der Waals surface area contributed by atoms with Crippen LogP contribution in [0, 0.1) is 6.92 Å². The van der Waals surface area contributed by atoms with Crippen LogP contribution in [0.5, 0.6) is 5.75 Å². The summed E-state index contributed by atoms with van der Waals surface area (Å²) in [5.41, 5.74) is 2.79. The molecular formula is C15H19ClN2O2. The molecule has 0 unspecified atom stereocenters. The lowest BCUT2D eigenvalue weighted by Gasteiger charge is -2.12. The molecule has 2 amide bonds. The van der Waals surface area contributed by atoms with Crippen molar-refractivity contribution in [3.05, 3.63) is 34.5 Å². The van der Waals surface area contributed by atoms with E-state index in [1.807, 2.05) is 6.92 Å². The largest absolute Gasteiger partial charge is 0.495 e. The van der Waals surface area contributed by atoms with Gasteiger partial charge in [0.05, 0.1) is 12.8 Å². The fraction of sp³-hybridized carbons (Fsp3) is 0.400. The number of benzene rings is 1. The predicted molar refractivity (Wildman–Crippen MR) is 81.4 cm³/mol. The summed E-state index contributed by atoms with van der Waals surface area (Å²) in [7, 11) is 1.55. The van der Waals surface area contributed by atoms with Crippen LogP contribution in [0.1, 0.15) is 31.2 Å². The van der Waals surface area contributed by atoms with E-state index in [0.717, 1.165) is 18.4 Å². The Morgan fingerprint density at radius 1 is 1.35 bits per heavy atom. The van der Waals surface area contributed by atoms with Gasteiger partial charge in [0.2, 0.25) is 0 Å². The fourth-order valence-electron chi connectivity index (χ4n) is 2.23. The van der Waals surface area contributed by atoms with Gasteiger partial charge in [-0.15, -0.1) is 0 Å². The average molecular weight is 295 g/mol. The maximum Gasteiger partial charge on any atom is 0.323 e. The molecule has 0 bridgehead atoms. The Balaban J connectivity index is 2.03. The van der Waals surface area contributed by atoms with Crippen molar-refractivity contribution in [2.45, 2.75) is 32.6 Å². The smallest absolute Gasteiger partial charge is 0.323 e. The second-order valence-corrected chi connectivity index (χ2v) is 5.32. The number of hydrogen-bond donors (Lipinski definition) is 2. The second kappa shape index (κ2) is 6.66. The number of urea groups is 1. The third-order valence-corrected chi connectivity index (χ3v) is 3.79. The highest BCUT2D eigenvalue weighted by molar-refractivity contribution is 6.31. The molecule has 0 heterocycles. The van der Waals surface area contributed by atoms with Gasteiger partial charge in [-0.25, -0.2) is 4.79 Å². The lowest BCUT2D eigenvalue weighted by molar-refractivity contribution is 0.255. The average Bonchev–Trinajstić information content (AvgIpc) is 2.93. The van der Waals surface area contributed by atoms with Gasteiger partial charge in [-0.2, -0.15) is 0 Å². The number of aryl methyl sites for hydroxylation is 1. The van der Waals surface area contributed by atoms with Crippen molar-refractivity contribution in [2.24, 2.45) is 0 Å². The van der Waals surface area contributed by atoms with E-state index in [1.54, 1.807) is 25.4 Å². The van der Waals surface area contributed by atoms with Gasteiger partial charge in [0.1, 0.15) is 5.75 Å². The van der Waals surface area contributed by atoms with Crippen LogP contribution in [0.3, 0.4) is 0 Å². The molecule has 1 aromatic rings. The maximum atomic E-state index is 11.9.